The van der Waals surface area contributed by atoms with Gasteiger partial charge in [0.25, 0.3) is 0 Å². The summed E-state index contributed by atoms with van der Waals surface area (Å²) in [6.07, 6.45) is 32.7. The van der Waals surface area contributed by atoms with Gasteiger partial charge in [-0.1, -0.05) is 155 Å². The fraction of sp³-hybridized carbons (Fsp3) is 0.829. The van der Waals surface area contributed by atoms with Crippen molar-refractivity contribution in [2.75, 3.05) is 13.6 Å². The van der Waals surface area contributed by atoms with Crippen molar-refractivity contribution in [2.45, 2.75) is 174 Å². The molecule has 0 spiro atoms. The van der Waals surface area contributed by atoms with Crippen LogP contribution in [0.3, 0.4) is 0 Å². The lowest BCUT2D eigenvalue weighted by molar-refractivity contribution is 0.209. The Bertz CT molecular complexity index is 567. The second-order valence-electron chi connectivity index (χ2n) is 11.9. The molecule has 0 aliphatic rings. The molecule has 0 heterocycles. The van der Waals surface area contributed by atoms with Crippen molar-refractivity contribution in [2.24, 2.45) is 0 Å². The smallest absolute Gasteiger partial charge is 0.132 e. The third-order valence-electron chi connectivity index (χ3n) is 8.64. The second-order valence-corrected chi connectivity index (χ2v) is 11.9. The third kappa shape index (κ3) is 15.4. The average Bonchev–Trinajstić information content (AvgIpc) is 2.90. The maximum atomic E-state index is 2.55. The van der Waals surface area contributed by atoms with E-state index in [9.17, 15) is 0 Å². The van der Waals surface area contributed by atoms with Crippen LogP contribution in [0.15, 0.2) is 30.3 Å². The van der Waals surface area contributed by atoms with Gasteiger partial charge in [0.15, 0.2) is 0 Å². The number of quaternary nitrogens is 1. The van der Waals surface area contributed by atoms with Gasteiger partial charge in [-0.15, -0.1) is 0 Å². The summed E-state index contributed by atoms with van der Waals surface area (Å²) in [6.45, 7) is 8.32. The van der Waals surface area contributed by atoms with Gasteiger partial charge in [-0.05, 0) is 44.2 Å². The van der Waals surface area contributed by atoms with E-state index in [4.69, 9.17) is 0 Å². The molecule has 1 aromatic rings. The molecule has 1 nitrogen and oxygen atoms in total. The van der Waals surface area contributed by atoms with E-state index in [-0.39, 0.29) is 0 Å². The average molecular weight is 501 g/mol. The Morgan fingerprint density at radius 1 is 0.472 bits per heavy atom. The fourth-order valence-corrected chi connectivity index (χ4v) is 6.13. The topological polar surface area (TPSA) is 0 Å². The van der Waals surface area contributed by atoms with E-state index in [1.807, 2.05) is 0 Å². The first-order chi connectivity index (χ1) is 17.7. The zero-order valence-electron chi connectivity index (χ0n) is 25.4. The molecule has 1 heteroatoms. The highest BCUT2D eigenvalue weighted by atomic mass is 15.4. The van der Waals surface area contributed by atoms with Crippen molar-refractivity contribution in [1.29, 1.82) is 0 Å². The quantitative estimate of drug-likeness (QED) is 0.0876. The van der Waals surface area contributed by atoms with Crippen molar-refractivity contribution in [1.82, 2.24) is 4.48 Å². The summed E-state index contributed by atoms with van der Waals surface area (Å²) >= 11 is 0. The maximum Gasteiger partial charge on any atom is 0.132 e. The van der Waals surface area contributed by atoms with E-state index in [0.717, 1.165) is 10.5 Å². The van der Waals surface area contributed by atoms with Crippen LogP contribution < -0.4 is 4.48 Å². The number of hydrogen-bond acceptors (Lipinski definition) is 0. The van der Waals surface area contributed by atoms with Gasteiger partial charge in [0.05, 0.1) is 19.6 Å². The lowest BCUT2D eigenvalue weighted by atomic mass is 9.97. The molecule has 0 aromatic heterocycles. The van der Waals surface area contributed by atoms with Crippen LogP contribution in [0.1, 0.15) is 168 Å². The van der Waals surface area contributed by atoms with Gasteiger partial charge >= 0.3 is 0 Å². The Morgan fingerprint density at radius 2 is 0.889 bits per heavy atom. The van der Waals surface area contributed by atoms with Crippen LogP contribution in [-0.2, 0) is 0 Å². The molecule has 0 fully saturated rings. The fourth-order valence-electron chi connectivity index (χ4n) is 6.13. The molecule has 0 aliphatic heterocycles. The molecule has 0 amide bonds. The highest BCUT2D eigenvalue weighted by molar-refractivity contribution is 5.42. The molecular formula is C35H66N+. The first-order valence-electron chi connectivity index (χ1n) is 16.6. The number of nitrogens with zero attached hydrogens (tertiary/aromatic N) is 1. The Balaban J connectivity index is 2.41. The zero-order valence-corrected chi connectivity index (χ0v) is 25.4. The van der Waals surface area contributed by atoms with E-state index >= 15 is 0 Å². The summed E-state index contributed by atoms with van der Waals surface area (Å²) < 4.78 is 1.16. The number of para-hydroxylation sites is 1. The van der Waals surface area contributed by atoms with Gasteiger partial charge in [-0.2, -0.15) is 0 Å². The summed E-state index contributed by atoms with van der Waals surface area (Å²) in [4.78, 5) is 0. The SMILES string of the molecule is CCCCCCCCCCCCCCC(CCC)[N+](C)(CCCCCCCCCC)c1ccccc1. The van der Waals surface area contributed by atoms with Gasteiger partial charge < -0.3 is 0 Å². The molecule has 0 aliphatic carbocycles. The molecule has 2 atom stereocenters. The standard InChI is InChI=1S/C35H66N/c1-5-8-10-12-14-16-17-18-19-20-22-25-30-34(29-7-3)36(4,35-31-26-24-27-32-35)33-28-23-21-15-13-11-9-6-2/h24,26-27,31-32,34H,5-23,25,28-30,33H2,1-4H3/q+1. The van der Waals surface area contributed by atoms with Crippen LogP contribution >= 0.6 is 0 Å². The van der Waals surface area contributed by atoms with E-state index in [1.54, 1.807) is 0 Å². The van der Waals surface area contributed by atoms with Crippen LogP contribution in [0.25, 0.3) is 0 Å². The van der Waals surface area contributed by atoms with Crippen molar-refractivity contribution in [3.05, 3.63) is 30.3 Å². The Morgan fingerprint density at radius 3 is 1.33 bits per heavy atom. The predicted octanol–water partition coefficient (Wildman–Crippen LogP) is 12.0. The molecular weight excluding hydrogens is 434 g/mol. The van der Waals surface area contributed by atoms with E-state index in [1.165, 1.54) is 160 Å². The van der Waals surface area contributed by atoms with E-state index in [0.29, 0.717) is 0 Å². The highest BCUT2D eigenvalue weighted by Crippen LogP contribution is 2.31. The van der Waals surface area contributed by atoms with Gasteiger partial charge in [-0.3, -0.25) is 4.48 Å². The molecule has 36 heavy (non-hydrogen) atoms. The largest absolute Gasteiger partial charge is 0.291 e. The molecule has 0 saturated heterocycles. The second kappa shape index (κ2) is 23.3. The summed E-state index contributed by atoms with van der Waals surface area (Å²) in [5.41, 5.74) is 1.54. The third-order valence-corrected chi connectivity index (χ3v) is 8.64. The van der Waals surface area contributed by atoms with Gasteiger partial charge in [0.2, 0.25) is 0 Å². The van der Waals surface area contributed by atoms with Crippen molar-refractivity contribution in [3.8, 4) is 0 Å². The van der Waals surface area contributed by atoms with Gasteiger partial charge in [-0.25, -0.2) is 0 Å². The van der Waals surface area contributed by atoms with Gasteiger partial charge in [0.1, 0.15) is 5.69 Å². The van der Waals surface area contributed by atoms with Crippen LogP contribution in [0.4, 0.5) is 5.69 Å². The monoisotopic (exact) mass is 501 g/mol. The first kappa shape index (κ1) is 33.2. The molecule has 210 valence electrons. The van der Waals surface area contributed by atoms with Crippen LogP contribution in [-0.4, -0.2) is 19.6 Å². The van der Waals surface area contributed by atoms with Crippen LogP contribution in [0.2, 0.25) is 0 Å². The summed E-state index contributed by atoms with van der Waals surface area (Å²) in [5.74, 6) is 0. The number of unbranched alkanes of at least 4 members (excludes halogenated alkanes) is 18. The van der Waals surface area contributed by atoms with E-state index < -0.39 is 0 Å². The van der Waals surface area contributed by atoms with Gasteiger partial charge in [0, 0.05) is 0 Å². The van der Waals surface area contributed by atoms with Crippen molar-refractivity contribution >= 4 is 5.69 Å². The lowest BCUT2D eigenvalue weighted by Gasteiger charge is -2.42. The van der Waals surface area contributed by atoms with Crippen LogP contribution in [0, 0.1) is 0 Å². The van der Waals surface area contributed by atoms with Crippen LogP contribution in [0.5, 0.6) is 0 Å². The summed E-state index contributed by atoms with van der Waals surface area (Å²) in [7, 11) is 2.55. The Labute approximate surface area is 228 Å². The normalized spacial score (nSPS) is 14.1. The molecule has 2 unspecified atom stereocenters. The van der Waals surface area contributed by atoms with E-state index in [2.05, 4.69) is 58.2 Å². The van der Waals surface area contributed by atoms with Crippen molar-refractivity contribution in [3.63, 3.8) is 0 Å². The Kier molecular flexibility index (Phi) is 21.5. The molecule has 0 radical (unpaired) electrons. The number of rotatable bonds is 26. The molecule has 1 rings (SSSR count). The minimum atomic E-state index is 0.769. The predicted molar refractivity (Wildman–Crippen MR) is 166 cm³/mol. The molecule has 1 aromatic carbocycles. The number of benzene rings is 1. The minimum Gasteiger partial charge on any atom is -0.291 e. The van der Waals surface area contributed by atoms with Crippen molar-refractivity contribution < 1.29 is 0 Å². The number of hydrogen-bond donors (Lipinski definition) is 0. The Hall–Kier alpha value is -0.820. The zero-order chi connectivity index (χ0) is 26.2. The summed E-state index contributed by atoms with van der Waals surface area (Å²) in [6, 6.07) is 12.3. The lowest BCUT2D eigenvalue weighted by Crippen LogP contribution is -2.54. The molecule has 0 bridgehead atoms. The molecule has 0 N–H and O–H groups in total. The highest BCUT2D eigenvalue weighted by Gasteiger charge is 2.33. The first-order valence-corrected chi connectivity index (χ1v) is 16.6. The maximum absolute atomic E-state index is 2.55. The minimum absolute atomic E-state index is 0.769. The summed E-state index contributed by atoms with van der Waals surface area (Å²) in [5, 5.41) is 0. The molecule has 0 saturated carbocycles.